The van der Waals surface area contributed by atoms with Crippen LogP contribution in [0.25, 0.3) is 0 Å². The van der Waals surface area contributed by atoms with Gasteiger partial charge < -0.3 is 16.8 Å². The maximum atomic E-state index is 12.1. The number of nitrogen functional groups attached to an aromatic ring is 1. The Kier molecular flexibility index (Phi) is 3.64. The topological polar surface area (TPSA) is 116 Å². The van der Waals surface area contributed by atoms with E-state index in [0.29, 0.717) is 0 Å². The first-order chi connectivity index (χ1) is 8.20. The summed E-state index contributed by atoms with van der Waals surface area (Å²) in [5.41, 5.74) is 10.1. The number of carbonyl (C=O) groups is 2. The van der Waals surface area contributed by atoms with Crippen LogP contribution in [-0.2, 0) is 11.8 Å². The fourth-order valence-electron chi connectivity index (χ4n) is 1.42. The largest absolute Gasteiger partial charge is 0.383 e. The number of hydrogen-bond acceptors (Lipinski definition) is 4. The molecule has 0 bridgehead atoms. The Morgan fingerprint density at radius 1 is 1.50 bits per heavy atom. The minimum atomic E-state index is -1.13. The SMILES string of the molecule is CC(C)C(C)(NC(=O)c1cnn(C)c1N)C(N)=O. The van der Waals surface area contributed by atoms with Crippen LogP contribution in [0.4, 0.5) is 5.82 Å². The summed E-state index contributed by atoms with van der Waals surface area (Å²) < 4.78 is 1.38. The van der Waals surface area contributed by atoms with Crippen molar-refractivity contribution in [2.24, 2.45) is 18.7 Å². The molecule has 0 spiro atoms. The van der Waals surface area contributed by atoms with Gasteiger partial charge in [-0.2, -0.15) is 5.10 Å². The molecule has 1 heterocycles. The van der Waals surface area contributed by atoms with Crippen LogP contribution in [0.15, 0.2) is 6.20 Å². The van der Waals surface area contributed by atoms with Crippen LogP contribution < -0.4 is 16.8 Å². The predicted molar refractivity (Wildman–Crippen MR) is 67.5 cm³/mol. The first kappa shape index (κ1) is 14.0. The fraction of sp³-hybridized carbons (Fsp3) is 0.545. The molecule has 0 radical (unpaired) electrons. The van der Waals surface area contributed by atoms with Gasteiger partial charge in [0.15, 0.2) is 0 Å². The predicted octanol–water partition coefficient (Wildman–Crippen LogP) is -0.368. The number of anilines is 1. The van der Waals surface area contributed by atoms with Crippen LogP contribution in [0.1, 0.15) is 31.1 Å². The summed E-state index contributed by atoms with van der Waals surface area (Å²) in [6, 6.07) is 0. The Labute approximate surface area is 106 Å². The summed E-state index contributed by atoms with van der Waals surface area (Å²) in [5, 5.41) is 6.49. The summed E-state index contributed by atoms with van der Waals surface area (Å²) in [6.07, 6.45) is 1.35. The van der Waals surface area contributed by atoms with Gasteiger partial charge in [-0.3, -0.25) is 14.3 Å². The molecule has 7 nitrogen and oxygen atoms in total. The molecule has 7 heteroatoms. The highest BCUT2D eigenvalue weighted by Gasteiger charge is 2.37. The van der Waals surface area contributed by atoms with Crippen molar-refractivity contribution in [3.63, 3.8) is 0 Å². The lowest BCUT2D eigenvalue weighted by molar-refractivity contribution is -0.125. The third-order valence-electron chi connectivity index (χ3n) is 3.27. The molecule has 1 aromatic rings. The van der Waals surface area contributed by atoms with Crippen molar-refractivity contribution in [3.05, 3.63) is 11.8 Å². The first-order valence-electron chi connectivity index (χ1n) is 5.60. The Morgan fingerprint density at radius 2 is 2.06 bits per heavy atom. The highest BCUT2D eigenvalue weighted by Crippen LogP contribution is 2.18. The highest BCUT2D eigenvalue weighted by molar-refractivity contribution is 6.01. The van der Waals surface area contributed by atoms with Gasteiger partial charge in [-0.05, 0) is 12.8 Å². The molecule has 1 rings (SSSR count). The third kappa shape index (κ3) is 2.29. The number of nitrogens with two attached hydrogens (primary N) is 2. The molecule has 2 amide bonds. The van der Waals surface area contributed by atoms with E-state index in [1.807, 2.05) is 0 Å². The number of aryl methyl sites for hydroxylation is 1. The van der Waals surface area contributed by atoms with Gasteiger partial charge in [0.1, 0.15) is 16.9 Å². The second-order valence-electron chi connectivity index (χ2n) is 4.74. The van der Waals surface area contributed by atoms with E-state index in [1.54, 1.807) is 27.8 Å². The smallest absolute Gasteiger partial charge is 0.257 e. The molecule has 1 atom stereocenters. The molecule has 0 aromatic carbocycles. The summed E-state index contributed by atoms with van der Waals surface area (Å²) in [5.74, 6) is -0.955. The average molecular weight is 253 g/mol. The average Bonchev–Trinajstić information content (AvgIpc) is 2.59. The van der Waals surface area contributed by atoms with E-state index >= 15 is 0 Å². The molecular formula is C11H19N5O2. The number of aromatic nitrogens is 2. The molecule has 1 aromatic heterocycles. The van der Waals surface area contributed by atoms with Gasteiger partial charge >= 0.3 is 0 Å². The number of nitrogens with one attached hydrogen (secondary N) is 1. The summed E-state index contributed by atoms with van der Waals surface area (Å²) in [7, 11) is 1.63. The number of nitrogens with zero attached hydrogens (tertiary/aromatic N) is 2. The zero-order valence-electron chi connectivity index (χ0n) is 11.0. The van der Waals surface area contributed by atoms with Gasteiger partial charge in [-0.15, -0.1) is 0 Å². The Morgan fingerprint density at radius 3 is 2.39 bits per heavy atom. The van der Waals surface area contributed by atoms with Crippen LogP contribution in [-0.4, -0.2) is 27.1 Å². The van der Waals surface area contributed by atoms with Gasteiger partial charge in [0, 0.05) is 7.05 Å². The molecular weight excluding hydrogens is 234 g/mol. The van der Waals surface area contributed by atoms with Crippen LogP contribution >= 0.6 is 0 Å². The van der Waals surface area contributed by atoms with Crippen molar-refractivity contribution < 1.29 is 9.59 Å². The van der Waals surface area contributed by atoms with E-state index < -0.39 is 17.4 Å². The summed E-state index contributed by atoms with van der Waals surface area (Å²) in [4.78, 5) is 23.5. The van der Waals surface area contributed by atoms with E-state index in [9.17, 15) is 9.59 Å². The number of amides is 2. The molecule has 0 saturated carbocycles. The second-order valence-corrected chi connectivity index (χ2v) is 4.74. The zero-order valence-corrected chi connectivity index (χ0v) is 11.0. The van der Waals surface area contributed by atoms with E-state index in [2.05, 4.69) is 10.4 Å². The maximum absolute atomic E-state index is 12.1. The lowest BCUT2D eigenvalue weighted by atomic mass is 9.87. The zero-order chi connectivity index (χ0) is 14.1. The maximum Gasteiger partial charge on any atom is 0.257 e. The quantitative estimate of drug-likeness (QED) is 0.679. The van der Waals surface area contributed by atoms with Crippen LogP contribution in [0.5, 0.6) is 0 Å². The van der Waals surface area contributed by atoms with E-state index in [-0.39, 0.29) is 17.3 Å². The minimum absolute atomic E-state index is 0.142. The Balaban J connectivity index is 3.00. The van der Waals surface area contributed by atoms with E-state index in [0.717, 1.165) is 0 Å². The van der Waals surface area contributed by atoms with Crippen LogP contribution in [0.3, 0.4) is 0 Å². The second kappa shape index (κ2) is 4.67. The van der Waals surface area contributed by atoms with Crippen molar-refractivity contribution >= 4 is 17.6 Å². The van der Waals surface area contributed by atoms with Crippen molar-refractivity contribution in [2.75, 3.05) is 5.73 Å². The molecule has 0 fully saturated rings. The Bertz CT molecular complexity index is 480. The first-order valence-corrected chi connectivity index (χ1v) is 5.60. The van der Waals surface area contributed by atoms with Gasteiger partial charge in [0.05, 0.1) is 6.20 Å². The fourth-order valence-corrected chi connectivity index (χ4v) is 1.42. The molecule has 0 aliphatic heterocycles. The number of hydrogen-bond donors (Lipinski definition) is 3. The third-order valence-corrected chi connectivity index (χ3v) is 3.27. The van der Waals surface area contributed by atoms with Crippen molar-refractivity contribution in [3.8, 4) is 0 Å². The lowest BCUT2D eigenvalue weighted by Gasteiger charge is -2.31. The van der Waals surface area contributed by atoms with Gasteiger partial charge in [0.25, 0.3) is 5.91 Å². The van der Waals surface area contributed by atoms with Crippen LogP contribution in [0, 0.1) is 5.92 Å². The van der Waals surface area contributed by atoms with E-state index in [1.165, 1.54) is 10.9 Å². The van der Waals surface area contributed by atoms with Crippen molar-refractivity contribution in [1.29, 1.82) is 0 Å². The molecule has 100 valence electrons. The number of primary amides is 1. The highest BCUT2D eigenvalue weighted by atomic mass is 16.2. The minimum Gasteiger partial charge on any atom is -0.383 e. The Hall–Kier alpha value is -2.05. The monoisotopic (exact) mass is 253 g/mol. The van der Waals surface area contributed by atoms with Gasteiger partial charge in [-0.25, -0.2) is 0 Å². The summed E-state index contributed by atoms with van der Waals surface area (Å²) in [6.45, 7) is 5.19. The van der Waals surface area contributed by atoms with Crippen molar-refractivity contribution in [2.45, 2.75) is 26.3 Å². The normalized spacial score (nSPS) is 14.3. The van der Waals surface area contributed by atoms with Crippen molar-refractivity contribution in [1.82, 2.24) is 15.1 Å². The van der Waals surface area contributed by atoms with E-state index in [4.69, 9.17) is 11.5 Å². The molecule has 5 N–H and O–H groups in total. The number of rotatable bonds is 4. The number of carbonyl (C=O) groups excluding carboxylic acids is 2. The standard InChI is InChI=1S/C11H19N5O2/c1-6(2)11(3,10(13)18)15-9(17)7-5-14-16(4)8(7)12/h5-6H,12H2,1-4H3,(H2,13,18)(H,15,17). The van der Waals surface area contributed by atoms with Gasteiger partial charge in [-0.1, -0.05) is 13.8 Å². The lowest BCUT2D eigenvalue weighted by Crippen LogP contribution is -2.58. The van der Waals surface area contributed by atoms with Crippen LogP contribution in [0.2, 0.25) is 0 Å². The molecule has 0 aliphatic rings. The molecule has 18 heavy (non-hydrogen) atoms. The summed E-state index contributed by atoms with van der Waals surface area (Å²) >= 11 is 0. The molecule has 1 unspecified atom stereocenters. The van der Waals surface area contributed by atoms with Gasteiger partial charge in [0.2, 0.25) is 5.91 Å². The molecule has 0 aliphatic carbocycles. The molecule has 0 saturated heterocycles.